The standard InChI is InChI=1S/C32H36N2O2.C2H6O/c1-2-3-25-36-30(35)31(27-13-7-4-8-14-27)19-22-34(23-20-31)24-21-32(26-33,28-15-9-5-10-16-28)29-17-11-6-12-18-29;1-2-3/h4-18H,2-3,19-25H2,1H3;3H,2H2,1H3. The molecule has 0 radical (unpaired) electrons. The Morgan fingerprint density at radius 3 is 1.87 bits per heavy atom. The zero-order valence-corrected chi connectivity index (χ0v) is 23.4. The van der Waals surface area contributed by atoms with Gasteiger partial charge in [0.05, 0.1) is 18.1 Å². The van der Waals surface area contributed by atoms with Gasteiger partial charge in [0.2, 0.25) is 0 Å². The van der Waals surface area contributed by atoms with Gasteiger partial charge in [-0.15, -0.1) is 0 Å². The summed E-state index contributed by atoms with van der Waals surface area (Å²) in [5.41, 5.74) is 1.78. The van der Waals surface area contributed by atoms with Gasteiger partial charge in [0, 0.05) is 13.2 Å². The molecule has 0 atom stereocenters. The van der Waals surface area contributed by atoms with Crippen molar-refractivity contribution < 1.29 is 14.6 Å². The zero-order valence-electron chi connectivity index (χ0n) is 23.4. The maximum absolute atomic E-state index is 13.4. The lowest BCUT2D eigenvalue weighted by molar-refractivity contribution is -0.153. The summed E-state index contributed by atoms with van der Waals surface area (Å²) in [6.07, 6.45) is 4.02. The van der Waals surface area contributed by atoms with Crippen LogP contribution < -0.4 is 0 Å². The predicted molar refractivity (Wildman–Crippen MR) is 156 cm³/mol. The smallest absolute Gasteiger partial charge is 0.316 e. The molecule has 1 heterocycles. The number of hydrogen-bond acceptors (Lipinski definition) is 5. The number of benzene rings is 3. The van der Waals surface area contributed by atoms with Gasteiger partial charge in [-0.3, -0.25) is 4.79 Å². The van der Waals surface area contributed by atoms with Crippen molar-refractivity contribution in [2.24, 2.45) is 0 Å². The minimum atomic E-state index is -0.713. The maximum atomic E-state index is 13.4. The molecule has 1 saturated heterocycles. The fourth-order valence-corrected chi connectivity index (χ4v) is 5.39. The lowest BCUT2D eigenvalue weighted by atomic mass is 9.71. The molecule has 4 rings (SSSR count). The van der Waals surface area contributed by atoms with E-state index in [9.17, 15) is 10.1 Å². The van der Waals surface area contributed by atoms with Gasteiger partial charge in [0.15, 0.2) is 0 Å². The summed E-state index contributed by atoms with van der Waals surface area (Å²) in [5, 5.41) is 18.1. The van der Waals surface area contributed by atoms with Gasteiger partial charge in [0.25, 0.3) is 0 Å². The van der Waals surface area contributed by atoms with Crippen LogP contribution in [0.15, 0.2) is 91.0 Å². The third-order valence-electron chi connectivity index (χ3n) is 7.68. The summed E-state index contributed by atoms with van der Waals surface area (Å²) >= 11 is 0. The number of aliphatic hydroxyl groups is 1. The number of nitrogens with zero attached hydrogens (tertiary/aromatic N) is 2. The number of nitriles is 1. The average Bonchev–Trinajstić information content (AvgIpc) is 3.00. The second-order valence-electron chi connectivity index (χ2n) is 10.1. The second-order valence-corrected chi connectivity index (χ2v) is 10.1. The van der Waals surface area contributed by atoms with Crippen LogP contribution in [-0.2, 0) is 20.4 Å². The number of aliphatic hydroxyl groups excluding tert-OH is 1. The molecule has 0 aromatic heterocycles. The van der Waals surface area contributed by atoms with Crippen molar-refractivity contribution in [3.8, 4) is 6.07 Å². The zero-order chi connectivity index (χ0) is 28.0. The molecule has 0 spiro atoms. The molecule has 5 nitrogen and oxygen atoms in total. The molecular weight excluding hydrogens is 484 g/mol. The quantitative estimate of drug-likeness (QED) is 0.249. The first-order valence-electron chi connectivity index (χ1n) is 14.1. The molecule has 1 N–H and O–H groups in total. The van der Waals surface area contributed by atoms with Gasteiger partial charge in [0.1, 0.15) is 5.41 Å². The Labute approximate surface area is 234 Å². The number of unbranched alkanes of at least 4 members (excludes halogenated alkanes) is 1. The fraction of sp³-hybridized carbons (Fsp3) is 0.412. The largest absolute Gasteiger partial charge is 0.465 e. The molecule has 0 unspecified atom stereocenters. The van der Waals surface area contributed by atoms with E-state index >= 15 is 0 Å². The molecule has 3 aromatic carbocycles. The Morgan fingerprint density at radius 1 is 0.923 bits per heavy atom. The minimum absolute atomic E-state index is 0.0956. The molecule has 0 amide bonds. The van der Waals surface area contributed by atoms with Crippen molar-refractivity contribution >= 4 is 5.97 Å². The third-order valence-corrected chi connectivity index (χ3v) is 7.68. The van der Waals surface area contributed by atoms with Crippen LogP contribution in [0.1, 0.15) is 62.6 Å². The molecule has 1 aliphatic rings. The van der Waals surface area contributed by atoms with Crippen LogP contribution in [-0.4, -0.2) is 48.8 Å². The van der Waals surface area contributed by atoms with Gasteiger partial charge < -0.3 is 14.7 Å². The highest BCUT2D eigenvalue weighted by molar-refractivity contribution is 5.83. The molecule has 0 aliphatic carbocycles. The van der Waals surface area contributed by atoms with E-state index in [-0.39, 0.29) is 12.6 Å². The van der Waals surface area contributed by atoms with E-state index in [1.165, 1.54) is 0 Å². The van der Waals surface area contributed by atoms with E-state index in [1.807, 2.05) is 54.6 Å². The van der Waals surface area contributed by atoms with Crippen LogP contribution in [0, 0.1) is 11.3 Å². The number of carbonyl (C=O) groups excluding carboxylic acids is 1. The van der Waals surface area contributed by atoms with Crippen LogP contribution in [0.3, 0.4) is 0 Å². The Balaban J connectivity index is 0.00000134. The number of ether oxygens (including phenoxy) is 1. The Morgan fingerprint density at radius 2 is 1.41 bits per heavy atom. The van der Waals surface area contributed by atoms with E-state index in [0.717, 1.165) is 62.0 Å². The summed E-state index contributed by atoms with van der Waals surface area (Å²) in [5.74, 6) is -0.0956. The van der Waals surface area contributed by atoms with Gasteiger partial charge in [-0.05, 0) is 62.4 Å². The lowest BCUT2D eigenvalue weighted by Crippen LogP contribution is -2.49. The molecule has 39 heavy (non-hydrogen) atoms. The van der Waals surface area contributed by atoms with Crippen LogP contribution in [0.25, 0.3) is 0 Å². The normalized spacial score (nSPS) is 14.9. The van der Waals surface area contributed by atoms with Crippen LogP contribution in [0.5, 0.6) is 0 Å². The highest BCUT2D eigenvalue weighted by Crippen LogP contribution is 2.39. The molecule has 5 heteroatoms. The van der Waals surface area contributed by atoms with Crippen molar-refractivity contribution in [3.63, 3.8) is 0 Å². The van der Waals surface area contributed by atoms with E-state index in [2.05, 4.69) is 54.3 Å². The topological polar surface area (TPSA) is 73.6 Å². The molecule has 1 aliphatic heterocycles. The summed E-state index contributed by atoms with van der Waals surface area (Å²) in [4.78, 5) is 15.8. The lowest BCUT2D eigenvalue weighted by Gasteiger charge is -2.41. The number of carbonyl (C=O) groups is 1. The molecule has 1 fully saturated rings. The van der Waals surface area contributed by atoms with Gasteiger partial charge >= 0.3 is 5.97 Å². The van der Waals surface area contributed by atoms with Gasteiger partial charge in [-0.25, -0.2) is 0 Å². The summed E-state index contributed by atoms with van der Waals surface area (Å²) < 4.78 is 5.76. The molecule has 3 aromatic rings. The molecule has 0 saturated carbocycles. The summed E-state index contributed by atoms with van der Waals surface area (Å²) in [7, 11) is 0. The van der Waals surface area contributed by atoms with Crippen molar-refractivity contribution in [2.45, 2.75) is 56.8 Å². The highest BCUT2D eigenvalue weighted by atomic mass is 16.5. The Hall–Kier alpha value is -3.46. The number of hydrogen-bond donors (Lipinski definition) is 1. The predicted octanol–water partition coefficient (Wildman–Crippen LogP) is 6.26. The first kappa shape index (κ1) is 30.1. The Kier molecular flexibility index (Phi) is 11.7. The minimum Gasteiger partial charge on any atom is -0.465 e. The van der Waals surface area contributed by atoms with Gasteiger partial charge in [-0.1, -0.05) is 104 Å². The summed E-state index contributed by atoms with van der Waals surface area (Å²) in [6.45, 7) is 6.89. The third kappa shape index (κ3) is 7.35. The van der Waals surface area contributed by atoms with Crippen molar-refractivity contribution in [2.75, 3.05) is 32.8 Å². The maximum Gasteiger partial charge on any atom is 0.316 e. The first-order chi connectivity index (χ1) is 19.1. The Bertz CT molecular complexity index is 1110. The van der Waals surface area contributed by atoms with E-state index in [0.29, 0.717) is 13.0 Å². The molecule has 206 valence electrons. The number of likely N-dealkylation sites (tertiary alicyclic amines) is 1. The molecule has 0 bridgehead atoms. The van der Waals surface area contributed by atoms with E-state index in [1.54, 1.807) is 6.92 Å². The van der Waals surface area contributed by atoms with Crippen molar-refractivity contribution in [1.29, 1.82) is 5.26 Å². The molecular formula is C34H42N2O3. The summed E-state index contributed by atoms with van der Waals surface area (Å²) in [6, 6.07) is 33.0. The van der Waals surface area contributed by atoms with Gasteiger partial charge in [-0.2, -0.15) is 5.26 Å². The number of piperidine rings is 1. The SMILES string of the molecule is CCCCOC(=O)C1(c2ccccc2)CCN(CCC(C#N)(c2ccccc2)c2ccccc2)CC1.CCO. The second kappa shape index (κ2) is 15.2. The fourth-order valence-electron chi connectivity index (χ4n) is 5.39. The average molecular weight is 527 g/mol. The van der Waals surface area contributed by atoms with E-state index < -0.39 is 10.8 Å². The van der Waals surface area contributed by atoms with E-state index in [4.69, 9.17) is 9.84 Å². The number of esters is 1. The van der Waals surface area contributed by atoms with Crippen molar-refractivity contribution in [1.82, 2.24) is 4.90 Å². The van der Waals surface area contributed by atoms with Crippen LogP contribution in [0.2, 0.25) is 0 Å². The highest BCUT2D eigenvalue weighted by Gasteiger charge is 2.44. The first-order valence-corrected chi connectivity index (χ1v) is 14.1. The number of rotatable bonds is 10. The monoisotopic (exact) mass is 526 g/mol. The van der Waals surface area contributed by atoms with Crippen molar-refractivity contribution in [3.05, 3.63) is 108 Å². The van der Waals surface area contributed by atoms with Crippen LogP contribution >= 0.6 is 0 Å². The van der Waals surface area contributed by atoms with Crippen LogP contribution in [0.4, 0.5) is 0 Å².